The molecule has 6 heteroatoms. The highest BCUT2D eigenvalue weighted by atomic mass is 32.1. The van der Waals surface area contributed by atoms with Gasteiger partial charge in [-0.05, 0) is 45.3 Å². The maximum atomic E-state index is 9.55. The minimum Gasteiger partial charge on any atom is -0.396 e. The van der Waals surface area contributed by atoms with Gasteiger partial charge in [0.15, 0.2) is 0 Å². The molecule has 1 atom stereocenters. The molecule has 0 aliphatic carbocycles. The van der Waals surface area contributed by atoms with E-state index >= 15 is 0 Å². The average Bonchev–Trinajstić information content (AvgIpc) is 3.05. The lowest BCUT2D eigenvalue weighted by atomic mass is 9.98. The van der Waals surface area contributed by atoms with Crippen LogP contribution in [0.2, 0.25) is 0 Å². The first kappa shape index (κ1) is 19.2. The standard InChI is InChI=1S/C19H34N4OS/c1-15(2)18-14-25-19(20-18)13-22-9-10-23(17(12-22)6-11-24)16-4-7-21(3)8-5-16/h14-17,24H,4-13H2,1-3H3/t17-/m0/s1. The smallest absolute Gasteiger partial charge is 0.107 e. The van der Waals surface area contributed by atoms with Gasteiger partial charge in [-0.2, -0.15) is 0 Å². The summed E-state index contributed by atoms with van der Waals surface area (Å²) in [6.45, 7) is 11.4. The van der Waals surface area contributed by atoms with Crippen LogP contribution in [0.25, 0.3) is 0 Å². The molecule has 5 nitrogen and oxygen atoms in total. The van der Waals surface area contributed by atoms with Crippen LogP contribution in [-0.4, -0.2) is 83.3 Å². The third kappa shape index (κ3) is 5.01. The molecular weight excluding hydrogens is 332 g/mol. The van der Waals surface area contributed by atoms with Gasteiger partial charge in [0, 0.05) is 43.7 Å². The first-order chi connectivity index (χ1) is 12.1. The van der Waals surface area contributed by atoms with E-state index in [1.807, 2.05) is 0 Å². The predicted octanol–water partition coefficient (Wildman–Crippen LogP) is 2.23. The molecule has 0 bridgehead atoms. The zero-order chi connectivity index (χ0) is 17.8. The van der Waals surface area contributed by atoms with Crippen LogP contribution in [0, 0.1) is 0 Å². The number of nitrogens with zero attached hydrogens (tertiary/aromatic N) is 4. The Balaban J connectivity index is 1.58. The Morgan fingerprint density at radius 2 is 2.00 bits per heavy atom. The molecule has 0 aromatic carbocycles. The summed E-state index contributed by atoms with van der Waals surface area (Å²) in [5.74, 6) is 0.508. The summed E-state index contributed by atoms with van der Waals surface area (Å²) in [6.07, 6.45) is 3.42. The summed E-state index contributed by atoms with van der Waals surface area (Å²) in [6, 6.07) is 1.18. The van der Waals surface area contributed by atoms with Gasteiger partial charge in [0.25, 0.3) is 0 Å². The maximum Gasteiger partial charge on any atom is 0.107 e. The normalized spacial score (nSPS) is 25.1. The topological polar surface area (TPSA) is 42.8 Å². The van der Waals surface area contributed by atoms with Gasteiger partial charge in [0.2, 0.25) is 0 Å². The molecule has 2 aliphatic heterocycles. The van der Waals surface area contributed by atoms with E-state index < -0.39 is 0 Å². The van der Waals surface area contributed by atoms with Crippen molar-refractivity contribution in [1.29, 1.82) is 0 Å². The van der Waals surface area contributed by atoms with E-state index in [2.05, 4.69) is 41.0 Å². The van der Waals surface area contributed by atoms with Crippen LogP contribution in [0.1, 0.15) is 49.7 Å². The Morgan fingerprint density at radius 1 is 1.24 bits per heavy atom. The van der Waals surface area contributed by atoms with Crippen molar-refractivity contribution >= 4 is 11.3 Å². The zero-order valence-corrected chi connectivity index (χ0v) is 16.8. The van der Waals surface area contributed by atoms with E-state index in [4.69, 9.17) is 4.98 Å². The fourth-order valence-electron chi connectivity index (χ4n) is 4.14. The quantitative estimate of drug-likeness (QED) is 0.836. The number of piperidine rings is 1. The molecule has 142 valence electrons. The molecule has 0 saturated carbocycles. The van der Waals surface area contributed by atoms with Crippen LogP contribution >= 0.6 is 11.3 Å². The number of thiazole rings is 1. The summed E-state index contributed by atoms with van der Waals surface area (Å²) in [7, 11) is 2.22. The molecule has 2 saturated heterocycles. The second kappa shape index (κ2) is 8.91. The van der Waals surface area contributed by atoms with Crippen LogP contribution in [0.5, 0.6) is 0 Å². The lowest BCUT2D eigenvalue weighted by Crippen LogP contribution is -2.58. The van der Waals surface area contributed by atoms with Gasteiger partial charge in [-0.3, -0.25) is 9.80 Å². The van der Waals surface area contributed by atoms with Crippen molar-refractivity contribution in [1.82, 2.24) is 19.7 Å². The van der Waals surface area contributed by atoms with Crippen LogP contribution in [-0.2, 0) is 6.54 Å². The van der Waals surface area contributed by atoms with E-state index in [1.54, 1.807) is 11.3 Å². The molecule has 1 N–H and O–H groups in total. The molecule has 1 aromatic heterocycles. The van der Waals surface area contributed by atoms with E-state index in [-0.39, 0.29) is 6.61 Å². The first-order valence-corrected chi connectivity index (χ1v) is 10.7. The lowest BCUT2D eigenvalue weighted by Gasteiger charge is -2.47. The molecule has 2 aliphatic rings. The highest BCUT2D eigenvalue weighted by Crippen LogP contribution is 2.25. The number of piperazine rings is 1. The number of hydrogen-bond acceptors (Lipinski definition) is 6. The maximum absolute atomic E-state index is 9.55. The summed E-state index contributed by atoms with van der Waals surface area (Å²) in [5, 5.41) is 13.0. The fourth-order valence-corrected chi connectivity index (χ4v) is 5.14. The summed E-state index contributed by atoms with van der Waals surface area (Å²) in [4.78, 5) is 12.5. The van der Waals surface area contributed by atoms with Crippen molar-refractivity contribution < 1.29 is 5.11 Å². The van der Waals surface area contributed by atoms with Crippen LogP contribution in [0.15, 0.2) is 5.38 Å². The van der Waals surface area contributed by atoms with Crippen LogP contribution in [0.3, 0.4) is 0 Å². The van der Waals surface area contributed by atoms with Crippen molar-refractivity contribution in [3.05, 3.63) is 16.1 Å². The Morgan fingerprint density at radius 3 is 2.64 bits per heavy atom. The monoisotopic (exact) mass is 366 g/mol. The number of hydrogen-bond donors (Lipinski definition) is 1. The van der Waals surface area contributed by atoms with Gasteiger partial charge in [0.05, 0.1) is 12.2 Å². The zero-order valence-electron chi connectivity index (χ0n) is 16.0. The highest BCUT2D eigenvalue weighted by molar-refractivity contribution is 7.09. The van der Waals surface area contributed by atoms with Gasteiger partial charge >= 0.3 is 0 Å². The minimum absolute atomic E-state index is 0.288. The van der Waals surface area contributed by atoms with Crippen molar-refractivity contribution in [2.75, 3.05) is 46.4 Å². The Bertz CT molecular complexity index is 527. The number of likely N-dealkylation sites (tertiary alicyclic amines) is 1. The van der Waals surface area contributed by atoms with E-state index in [0.717, 1.165) is 32.6 Å². The number of aliphatic hydroxyl groups excluding tert-OH is 1. The second-order valence-corrected chi connectivity index (χ2v) is 8.94. The second-order valence-electron chi connectivity index (χ2n) is 7.99. The van der Waals surface area contributed by atoms with Gasteiger partial charge in [0.1, 0.15) is 5.01 Å². The molecule has 3 rings (SSSR count). The van der Waals surface area contributed by atoms with Gasteiger partial charge < -0.3 is 10.0 Å². The molecule has 3 heterocycles. The summed E-state index contributed by atoms with van der Waals surface area (Å²) >= 11 is 1.79. The van der Waals surface area contributed by atoms with Gasteiger partial charge in [-0.1, -0.05) is 13.8 Å². The van der Waals surface area contributed by atoms with Crippen molar-refractivity contribution in [3.63, 3.8) is 0 Å². The van der Waals surface area contributed by atoms with E-state index in [1.165, 1.54) is 36.6 Å². The van der Waals surface area contributed by atoms with Gasteiger partial charge in [-0.25, -0.2) is 4.98 Å². The van der Waals surface area contributed by atoms with Crippen molar-refractivity contribution in [2.45, 2.75) is 57.7 Å². The Hall–Kier alpha value is -0.530. The predicted molar refractivity (Wildman–Crippen MR) is 104 cm³/mol. The SMILES string of the molecule is CC(C)c1csc(CN2CCN(C3CCN(C)CC3)[C@@H](CCO)C2)n1. The Labute approximate surface area is 156 Å². The van der Waals surface area contributed by atoms with Gasteiger partial charge in [-0.15, -0.1) is 11.3 Å². The molecule has 0 unspecified atom stereocenters. The fraction of sp³-hybridized carbons (Fsp3) is 0.842. The largest absolute Gasteiger partial charge is 0.396 e. The van der Waals surface area contributed by atoms with E-state index in [0.29, 0.717) is 18.0 Å². The molecule has 2 fully saturated rings. The van der Waals surface area contributed by atoms with Crippen molar-refractivity contribution in [2.24, 2.45) is 0 Å². The molecule has 0 amide bonds. The molecule has 0 spiro atoms. The first-order valence-electron chi connectivity index (χ1n) is 9.78. The minimum atomic E-state index is 0.288. The lowest BCUT2D eigenvalue weighted by molar-refractivity contribution is 0.00597. The van der Waals surface area contributed by atoms with E-state index in [9.17, 15) is 5.11 Å². The van der Waals surface area contributed by atoms with Crippen LogP contribution in [0.4, 0.5) is 0 Å². The van der Waals surface area contributed by atoms with Crippen molar-refractivity contribution in [3.8, 4) is 0 Å². The van der Waals surface area contributed by atoms with Crippen LogP contribution < -0.4 is 0 Å². The number of rotatable bonds is 6. The number of aromatic nitrogens is 1. The molecular formula is C19H34N4OS. The summed E-state index contributed by atoms with van der Waals surface area (Å²) in [5.41, 5.74) is 1.22. The third-order valence-electron chi connectivity index (χ3n) is 5.75. The number of aliphatic hydroxyl groups is 1. The third-order valence-corrected chi connectivity index (χ3v) is 6.60. The summed E-state index contributed by atoms with van der Waals surface area (Å²) < 4.78 is 0. The molecule has 1 aromatic rings. The Kier molecular flexibility index (Phi) is 6.86. The highest BCUT2D eigenvalue weighted by Gasteiger charge is 2.33. The average molecular weight is 367 g/mol. The molecule has 0 radical (unpaired) electrons. The molecule has 25 heavy (non-hydrogen) atoms.